The van der Waals surface area contributed by atoms with Gasteiger partial charge in [-0.05, 0) is 67.3 Å². The molecule has 4 heteroatoms. The Kier molecular flexibility index (Phi) is 4.02. The van der Waals surface area contributed by atoms with Crippen LogP contribution in [0.2, 0.25) is 0 Å². The molecule has 3 aromatic heterocycles. The molecule has 140 valence electrons. The standard InChI is InChI=1S/C24H24N4/c1-14-8-18(9-15(2)27-14)17-4-5-21-16(3)24(28-23(21)11-17)20-10-19-12-25-7-6-22(19)26-13-20/h4-5,8-11,13,25,28H,6-7,12H2,1-3H3. The summed E-state index contributed by atoms with van der Waals surface area (Å²) in [6.07, 6.45) is 3.02. The third-order valence-electron chi connectivity index (χ3n) is 5.68. The van der Waals surface area contributed by atoms with Crippen LogP contribution in [0.15, 0.2) is 42.6 Å². The predicted molar refractivity (Wildman–Crippen MR) is 114 cm³/mol. The second kappa shape index (κ2) is 6.57. The minimum absolute atomic E-state index is 0.903. The fraction of sp³-hybridized carbons (Fsp3) is 0.250. The summed E-state index contributed by atoms with van der Waals surface area (Å²) in [5, 5.41) is 4.70. The van der Waals surface area contributed by atoms with E-state index in [2.05, 4.69) is 58.6 Å². The Morgan fingerprint density at radius 2 is 1.71 bits per heavy atom. The van der Waals surface area contributed by atoms with E-state index < -0.39 is 0 Å². The van der Waals surface area contributed by atoms with Gasteiger partial charge in [0.05, 0.1) is 5.69 Å². The Morgan fingerprint density at radius 1 is 0.893 bits per heavy atom. The zero-order valence-corrected chi connectivity index (χ0v) is 16.6. The lowest BCUT2D eigenvalue weighted by Gasteiger charge is -2.16. The average molecular weight is 368 g/mol. The van der Waals surface area contributed by atoms with Gasteiger partial charge < -0.3 is 10.3 Å². The fourth-order valence-electron chi connectivity index (χ4n) is 4.29. The number of benzene rings is 1. The van der Waals surface area contributed by atoms with Gasteiger partial charge in [-0.1, -0.05) is 12.1 Å². The molecular formula is C24H24N4. The van der Waals surface area contributed by atoms with Gasteiger partial charge in [-0.3, -0.25) is 9.97 Å². The van der Waals surface area contributed by atoms with Crippen LogP contribution in [0, 0.1) is 20.8 Å². The highest BCUT2D eigenvalue weighted by molar-refractivity contribution is 5.93. The number of rotatable bonds is 2. The molecule has 0 spiro atoms. The minimum Gasteiger partial charge on any atom is -0.354 e. The highest BCUT2D eigenvalue weighted by Crippen LogP contribution is 2.33. The number of fused-ring (bicyclic) bond motifs is 2. The molecule has 0 bridgehead atoms. The van der Waals surface area contributed by atoms with Crippen molar-refractivity contribution >= 4 is 10.9 Å². The molecule has 0 saturated heterocycles. The van der Waals surface area contributed by atoms with Crippen molar-refractivity contribution in [3.63, 3.8) is 0 Å². The highest BCUT2D eigenvalue weighted by atomic mass is 14.9. The first-order chi connectivity index (χ1) is 13.6. The summed E-state index contributed by atoms with van der Waals surface area (Å²) in [5.74, 6) is 0. The van der Waals surface area contributed by atoms with E-state index >= 15 is 0 Å². The zero-order chi connectivity index (χ0) is 19.3. The third kappa shape index (κ3) is 2.90. The van der Waals surface area contributed by atoms with Crippen LogP contribution < -0.4 is 5.32 Å². The number of hydrogen-bond donors (Lipinski definition) is 2. The van der Waals surface area contributed by atoms with Gasteiger partial charge in [0.2, 0.25) is 0 Å². The number of nitrogens with one attached hydrogen (secondary N) is 2. The Bertz CT molecular complexity index is 1180. The van der Waals surface area contributed by atoms with Crippen LogP contribution in [0.5, 0.6) is 0 Å². The largest absolute Gasteiger partial charge is 0.354 e. The number of aromatic amines is 1. The van der Waals surface area contributed by atoms with E-state index in [1.807, 2.05) is 20.0 Å². The molecular weight excluding hydrogens is 344 g/mol. The first kappa shape index (κ1) is 17.1. The smallest absolute Gasteiger partial charge is 0.0510 e. The van der Waals surface area contributed by atoms with Crippen LogP contribution in [-0.2, 0) is 13.0 Å². The monoisotopic (exact) mass is 368 g/mol. The maximum Gasteiger partial charge on any atom is 0.0510 e. The van der Waals surface area contributed by atoms with Gasteiger partial charge >= 0.3 is 0 Å². The van der Waals surface area contributed by atoms with Gasteiger partial charge in [-0.2, -0.15) is 0 Å². The Labute approximate surface area is 165 Å². The summed E-state index contributed by atoms with van der Waals surface area (Å²) in [6.45, 7) is 8.20. The second-order valence-electron chi connectivity index (χ2n) is 7.78. The van der Waals surface area contributed by atoms with Gasteiger partial charge in [-0.15, -0.1) is 0 Å². The Balaban J connectivity index is 1.61. The number of aromatic nitrogens is 3. The van der Waals surface area contributed by atoms with Gasteiger partial charge in [0, 0.05) is 59.3 Å². The zero-order valence-electron chi connectivity index (χ0n) is 16.6. The van der Waals surface area contributed by atoms with Crippen LogP contribution in [0.4, 0.5) is 0 Å². The SMILES string of the molecule is Cc1cc(-c2ccc3c(C)c(-c4cnc5c(c4)CNCC5)[nH]c3c2)cc(C)n1. The molecule has 4 heterocycles. The van der Waals surface area contributed by atoms with Crippen molar-refractivity contribution in [2.75, 3.05) is 6.54 Å². The number of H-pyrrole nitrogens is 1. The van der Waals surface area contributed by atoms with E-state index in [1.165, 1.54) is 33.3 Å². The fourth-order valence-corrected chi connectivity index (χ4v) is 4.29. The summed E-state index contributed by atoms with van der Waals surface area (Å²) in [5.41, 5.74) is 11.8. The quantitative estimate of drug-likeness (QED) is 0.531. The summed E-state index contributed by atoms with van der Waals surface area (Å²) >= 11 is 0. The molecule has 0 aliphatic carbocycles. The van der Waals surface area contributed by atoms with E-state index in [0.29, 0.717) is 0 Å². The van der Waals surface area contributed by atoms with Gasteiger partial charge in [-0.25, -0.2) is 0 Å². The summed E-state index contributed by atoms with van der Waals surface area (Å²) in [7, 11) is 0. The molecule has 1 aromatic carbocycles. The van der Waals surface area contributed by atoms with Crippen molar-refractivity contribution in [3.8, 4) is 22.4 Å². The van der Waals surface area contributed by atoms with Crippen LogP contribution in [0.25, 0.3) is 33.3 Å². The van der Waals surface area contributed by atoms with E-state index in [1.54, 1.807) is 0 Å². The summed E-state index contributed by atoms with van der Waals surface area (Å²) in [6, 6.07) is 13.2. The number of hydrogen-bond acceptors (Lipinski definition) is 3. The normalized spacial score (nSPS) is 13.7. The molecule has 2 N–H and O–H groups in total. The van der Waals surface area contributed by atoms with E-state index in [-0.39, 0.29) is 0 Å². The van der Waals surface area contributed by atoms with Crippen LogP contribution >= 0.6 is 0 Å². The molecule has 1 aliphatic rings. The van der Waals surface area contributed by atoms with E-state index in [4.69, 9.17) is 4.98 Å². The Hall–Kier alpha value is -2.98. The number of nitrogens with zero attached hydrogens (tertiary/aromatic N) is 2. The Morgan fingerprint density at radius 3 is 2.54 bits per heavy atom. The lowest BCUT2D eigenvalue weighted by Crippen LogP contribution is -2.24. The van der Waals surface area contributed by atoms with Crippen molar-refractivity contribution < 1.29 is 0 Å². The molecule has 5 rings (SSSR count). The molecule has 1 aliphatic heterocycles. The summed E-state index contributed by atoms with van der Waals surface area (Å²) < 4.78 is 0. The molecule has 28 heavy (non-hydrogen) atoms. The first-order valence-corrected chi connectivity index (χ1v) is 9.85. The first-order valence-electron chi connectivity index (χ1n) is 9.85. The number of pyridine rings is 2. The van der Waals surface area contributed by atoms with Crippen molar-refractivity contribution in [2.24, 2.45) is 0 Å². The van der Waals surface area contributed by atoms with Crippen LogP contribution in [0.3, 0.4) is 0 Å². The summed E-state index contributed by atoms with van der Waals surface area (Å²) in [4.78, 5) is 12.9. The van der Waals surface area contributed by atoms with E-state index in [9.17, 15) is 0 Å². The van der Waals surface area contributed by atoms with Gasteiger partial charge in [0.25, 0.3) is 0 Å². The molecule has 4 aromatic rings. The predicted octanol–water partition coefficient (Wildman–Crippen LogP) is 4.86. The molecule has 0 amide bonds. The highest BCUT2D eigenvalue weighted by Gasteiger charge is 2.15. The molecule has 0 fully saturated rings. The van der Waals surface area contributed by atoms with Crippen molar-refractivity contribution in [2.45, 2.75) is 33.7 Å². The molecule has 0 saturated carbocycles. The minimum atomic E-state index is 0.903. The molecule has 0 unspecified atom stereocenters. The second-order valence-corrected chi connectivity index (χ2v) is 7.78. The average Bonchev–Trinajstić information content (AvgIpc) is 3.03. The van der Waals surface area contributed by atoms with E-state index in [0.717, 1.165) is 47.7 Å². The van der Waals surface area contributed by atoms with Crippen molar-refractivity contribution in [3.05, 3.63) is 70.8 Å². The topological polar surface area (TPSA) is 53.6 Å². The van der Waals surface area contributed by atoms with Crippen molar-refractivity contribution in [1.29, 1.82) is 0 Å². The number of aryl methyl sites for hydroxylation is 3. The molecule has 0 radical (unpaired) electrons. The third-order valence-corrected chi connectivity index (χ3v) is 5.68. The van der Waals surface area contributed by atoms with Crippen LogP contribution in [0.1, 0.15) is 28.2 Å². The maximum absolute atomic E-state index is 4.72. The molecule has 4 nitrogen and oxygen atoms in total. The van der Waals surface area contributed by atoms with Gasteiger partial charge in [0.15, 0.2) is 0 Å². The van der Waals surface area contributed by atoms with Crippen LogP contribution in [-0.4, -0.2) is 21.5 Å². The molecule has 0 atom stereocenters. The lowest BCUT2D eigenvalue weighted by molar-refractivity contribution is 0.630. The van der Waals surface area contributed by atoms with Crippen molar-refractivity contribution in [1.82, 2.24) is 20.3 Å². The lowest BCUT2D eigenvalue weighted by atomic mass is 10.0. The maximum atomic E-state index is 4.72. The van der Waals surface area contributed by atoms with Gasteiger partial charge in [0.1, 0.15) is 0 Å².